The van der Waals surface area contributed by atoms with E-state index < -0.39 is 0 Å². The SMILES string of the molecule is CC(C)NC([NH3+])=O. The Labute approximate surface area is 42.9 Å². The van der Waals surface area contributed by atoms with Crippen LogP contribution in [0.2, 0.25) is 0 Å². The summed E-state index contributed by atoms with van der Waals surface area (Å²) < 4.78 is 0. The first kappa shape index (κ1) is 6.43. The second-order valence-electron chi connectivity index (χ2n) is 1.72. The summed E-state index contributed by atoms with van der Waals surface area (Å²) in [5.41, 5.74) is 3.13. The van der Waals surface area contributed by atoms with Gasteiger partial charge >= 0.3 is 6.03 Å². The fraction of sp³-hybridized carbons (Fsp3) is 0.750. The third kappa shape index (κ3) is 5.43. The van der Waals surface area contributed by atoms with Crippen LogP contribution in [0.25, 0.3) is 0 Å². The summed E-state index contributed by atoms with van der Waals surface area (Å²) in [6, 6.07) is 0. The highest BCUT2D eigenvalue weighted by molar-refractivity contribution is 5.62. The van der Waals surface area contributed by atoms with Gasteiger partial charge in [-0.1, -0.05) is 0 Å². The van der Waals surface area contributed by atoms with Crippen LogP contribution in [0.5, 0.6) is 0 Å². The molecule has 0 aliphatic rings. The Hall–Kier alpha value is -0.570. The Bertz CT molecular complexity index is 70.1. The number of urea groups is 1. The molecule has 0 aliphatic heterocycles. The number of nitrogens with one attached hydrogen (secondary N) is 1. The highest BCUT2D eigenvalue weighted by Crippen LogP contribution is 1.70. The molecule has 0 unspecified atom stereocenters. The number of carbonyl (C=O) groups is 1. The van der Waals surface area contributed by atoms with Gasteiger partial charge in [0.05, 0.1) is 0 Å². The third-order valence-electron chi connectivity index (χ3n) is 0.450. The third-order valence-corrected chi connectivity index (χ3v) is 0.450. The van der Waals surface area contributed by atoms with Crippen molar-refractivity contribution in [1.82, 2.24) is 5.32 Å². The van der Waals surface area contributed by atoms with Gasteiger partial charge in [-0.2, -0.15) is 0 Å². The van der Waals surface area contributed by atoms with Crippen molar-refractivity contribution in [2.24, 2.45) is 0 Å². The van der Waals surface area contributed by atoms with E-state index in [1.807, 2.05) is 13.8 Å². The van der Waals surface area contributed by atoms with Crippen LogP contribution in [0, 0.1) is 0 Å². The van der Waals surface area contributed by atoms with Gasteiger partial charge in [-0.25, -0.2) is 4.79 Å². The lowest BCUT2D eigenvalue weighted by molar-refractivity contribution is -0.251. The highest BCUT2D eigenvalue weighted by atomic mass is 16.2. The predicted octanol–water partition coefficient (Wildman–Crippen LogP) is -0.654. The Morgan fingerprint density at radius 1 is 1.71 bits per heavy atom. The van der Waals surface area contributed by atoms with E-state index in [2.05, 4.69) is 11.1 Å². The van der Waals surface area contributed by atoms with E-state index in [9.17, 15) is 4.79 Å². The zero-order chi connectivity index (χ0) is 5.86. The molecule has 0 aromatic carbocycles. The Morgan fingerprint density at radius 2 is 2.14 bits per heavy atom. The molecule has 7 heavy (non-hydrogen) atoms. The van der Waals surface area contributed by atoms with Crippen LogP contribution < -0.4 is 11.1 Å². The summed E-state index contributed by atoms with van der Waals surface area (Å²) in [7, 11) is 0. The van der Waals surface area contributed by atoms with Gasteiger partial charge in [0.25, 0.3) is 0 Å². The van der Waals surface area contributed by atoms with Gasteiger partial charge in [-0.15, -0.1) is 0 Å². The molecule has 0 radical (unpaired) electrons. The van der Waals surface area contributed by atoms with Crippen molar-refractivity contribution < 1.29 is 10.5 Å². The Balaban J connectivity index is 3.13. The van der Waals surface area contributed by atoms with E-state index in [1.54, 1.807) is 0 Å². The molecule has 0 spiro atoms. The maximum absolute atomic E-state index is 10.0. The van der Waals surface area contributed by atoms with Crippen molar-refractivity contribution in [2.45, 2.75) is 19.9 Å². The maximum Gasteiger partial charge on any atom is 0.411 e. The van der Waals surface area contributed by atoms with Gasteiger partial charge in [0.1, 0.15) is 0 Å². The van der Waals surface area contributed by atoms with Crippen molar-refractivity contribution in [3.05, 3.63) is 0 Å². The lowest BCUT2D eigenvalue weighted by Crippen LogP contribution is -2.64. The molecule has 3 heteroatoms. The van der Waals surface area contributed by atoms with E-state index in [1.165, 1.54) is 0 Å². The first-order chi connectivity index (χ1) is 3.13. The van der Waals surface area contributed by atoms with E-state index in [-0.39, 0.29) is 12.1 Å². The average molecular weight is 103 g/mol. The molecule has 0 saturated carbocycles. The molecule has 0 bridgehead atoms. The van der Waals surface area contributed by atoms with Crippen molar-refractivity contribution in [3.63, 3.8) is 0 Å². The van der Waals surface area contributed by atoms with Gasteiger partial charge in [0.15, 0.2) is 0 Å². The highest BCUT2D eigenvalue weighted by Gasteiger charge is 1.95. The summed E-state index contributed by atoms with van der Waals surface area (Å²) >= 11 is 0. The Morgan fingerprint density at radius 3 is 2.14 bits per heavy atom. The van der Waals surface area contributed by atoms with Crippen LogP contribution in [-0.4, -0.2) is 12.1 Å². The fourth-order valence-corrected chi connectivity index (χ4v) is 0.322. The van der Waals surface area contributed by atoms with Crippen LogP contribution in [0.3, 0.4) is 0 Å². The number of carbonyl (C=O) groups excluding carboxylic acids is 1. The zero-order valence-corrected chi connectivity index (χ0v) is 4.69. The fourth-order valence-electron chi connectivity index (χ4n) is 0.322. The van der Waals surface area contributed by atoms with E-state index in [0.717, 1.165) is 0 Å². The topological polar surface area (TPSA) is 56.7 Å². The summed E-state index contributed by atoms with van der Waals surface area (Å²) in [5, 5.41) is 2.56. The van der Waals surface area contributed by atoms with E-state index in [0.29, 0.717) is 0 Å². The molecule has 0 saturated heterocycles. The minimum atomic E-state index is -0.213. The smallest absolute Gasteiger partial charge is 0.304 e. The quantitative estimate of drug-likeness (QED) is 0.455. The molecule has 42 valence electrons. The molecule has 0 fully saturated rings. The van der Waals surface area contributed by atoms with Gasteiger partial charge in [-0.3, -0.25) is 5.73 Å². The molecule has 2 amide bonds. The van der Waals surface area contributed by atoms with Crippen molar-refractivity contribution >= 4 is 6.03 Å². The first-order valence-corrected chi connectivity index (χ1v) is 2.25. The van der Waals surface area contributed by atoms with Gasteiger partial charge in [0, 0.05) is 6.04 Å². The Kier molecular flexibility index (Phi) is 2.37. The van der Waals surface area contributed by atoms with Crippen LogP contribution in [-0.2, 0) is 0 Å². The maximum atomic E-state index is 10.0. The summed E-state index contributed by atoms with van der Waals surface area (Å²) in [6.07, 6.45) is 0. The van der Waals surface area contributed by atoms with Gasteiger partial charge in [-0.05, 0) is 13.8 Å². The van der Waals surface area contributed by atoms with Crippen molar-refractivity contribution in [2.75, 3.05) is 0 Å². The second-order valence-corrected chi connectivity index (χ2v) is 1.72. The number of amides is 2. The molecule has 0 aliphatic carbocycles. The minimum absolute atomic E-state index is 0.213. The monoisotopic (exact) mass is 103 g/mol. The molecular weight excluding hydrogens is 92.1 g/mol. The molecule has 3 nitrogen and oxygen atoms in total. The first-order valence-electron chi connectivity index (χ1n) is 2.25. The van der Waals surface area contributed by atoms with Crippen LogP contribution in [0.15, 0.2) is 0 Å². The number of hydrogen-bond acceptors (Lipinski definition) is 1. The lowest BCUT2D eigenvalue weighted by atomic mass is 10.4. The minimum Gasteiger partial charge on any atom is -0.304 e. The second kappa shape index (κ2) is 2.58. The summed E-state index contributed by atoms with van der Waals surface area (Å²) in [4.78, 5) is 10.0. The zero-order valence-electron chi connectivity index (χ0n) is 4.69. The number of quaternary nitrogens is 1. The van der Waals surface area contributed by atoms with Crippen LogP contribution in [0.1, 0.15) is 13.8 Å². The van der Waals surface area contributed by atoms with E-state index in [4.69, 9.17) is 0 Å². The summed E-state index contributed by atoms with van der Waals surface area (Å²) in [5.74, 6) is 0. The molecule has 0 rings (SSSR count). The van der Waals surface area contributed by atoms with Crippen molar-refractivity contribution in [3.8, 4) is 0 Å². The van der Waals surface area contributed by atoms with Gasteiger partial charge < -0.3 is 5.32 Å². The van der Waals surface area contributed by atoms with Crippen molar-refractivity contribution in [1.29, 1.82) is 0 Å². The molecule has 4 N–H and O–H groups in total. The molecule has 0 aromatic heterocycles. The average Bonchev–Trinajstić information content (AvgIpc) is 1.27. The molecule has 0 atom stereocenters. The summed E-state index contributed by atoms with van der Waals surface area (Å²) in [6.45, 7) is 3.78. The lowest BCUT2D eigenvalue weighted by Gasteiger charge is -1.98. The van der Waals surface area contributed by atoms with E-state index >= 15 is 0 Å². The van der Waals surface area contributed by atoms with Gasteiger partial charge in [0.2, 0.25) is 0 Å². The molecule has 0 aromatic rings. The number of hydrogen-bond donors (Lipinski definition) is 2. The standard InChI is InChI=1S/C4H10N2O/c1-3(2)6-4(5)7/h3H,1-2H3,(H3,5,6,7)/p+1. The van der Waals surface area contributed by atoms with Crippen LogP contribution >= 0.6 is 0 Å². The normalized spacial score (nSPS) is 9.14. The predicted molar refractivity (Wildman–Crippen MR) is 26.6 cm³/mol. The molecule has 0 heterocycles. The number of rotatable bonds is 1. The molecular formula is C4H11N2O+. The largest absolute Gasteiger partial charge is 0.411 e. The van der Waals surface area contributed by atoms with Crippen LogP contribution in [0.4, 0.5) is 4.79 Å².